The molecule has 0 saturated heterocycles. The Morgan fingerprint density at radius 1 is 1.21 bits per heavy atom. The van der Waals surface area contributed by atoms with Crippen LogP contribution in [0.2, 0.25) is 5.02 Å². The van der Waals surface area contributed by atoms with Gasteiger partial charge in [-0.05, 0) is 24.3 Å². The normalized spacial score (nSPS) is 10.7. The zero-order valence-electron chi connectivity index (χ0n) is 17.3. The minimum absolute atomic E-state index is 0. The first kappa shape index (κ1) is 29.5. The number of ether oxygens (including phenoxy) is 1. The Morgan fingerprint density at radius 2 is 1.97 bits per heavy atom. The summed E-state index contributed by atoms with van der Waals surface area (Å²) >= 11 is 5.92. The topological polar surface area (TPSA) is 110 Å². The molecule has 0 aliphatic carbocycles. The molecule has 34 heavy (non-hydrogen) atoms. The van der Waals surface area contributed by atoms with E-state index < -0.39 is 18.1 Å². The van der Waals surface area contributed by atoms with Crippen LogP contribution in [-0.2, 0) is 24.1 Å². The number of aliphatic hydroxyl groups is 1. The number of amides is 2. The smallest absolute Gasteiger partial charge is 0.435 e. The van der Waals surface area contributed by atoms with E-state index in [1.165, 1.54) is 18.3 Å². The molecule has 14 heteroatoms. The van der Waals surface area contributed by atoms with Gasteiger partial charge < -0.3 is 24.9 Å². The molecule has 0 radical (unpaired) electrons. The summed E-state index contributed by atoms with van der Waals surface area (Å²) in [6, 6.07) is 8.63. The average Bonchev–Trinajstić information content (AvgIpc) is 3.19. The van der Waals surface area contributed by atoms with Crippen LogP contribution in [0.5, 0.6) is 0 Å². The van der Waals surface area contributed by atoms with Gasteiger partial charge in [-0.3, -0.25) is 4.98 Å². The first-order valence-corrected chi connectivity index (χ1v) is 9.65. The highest BCUT2D eigenvalue weighted by Crippen LogP contribution is 2.34. The second kappa shape index (κ2) is 13.4. The molecular formula is C20H20Cl3F3N4O4. The van der Waals surface area contributed by atoms with E-state index in [1.54, 1.807) is 24.3 Å². The van der Waals surface area contributed by atoms with Crippen LogP contribution in [0.1, 0.15) is 17.3 Å². The lowest BCUT2D eigenvalue weighted by molar-refractivity contribution is -0.157. The number of benzene rings is 1. The Balaban J connectivity index is 0.00000289. The minimum Gasteiger partial charge on any atom is -0.435 e. The number of nitrogens with zero attached hydrogens (tertiary/aromatic N) is 2. The summed E-state index contributed by atoms with van der Waals surface area (Å²) in [6.07, 6.45) is -3.40. The fourth-order valence-corrected chi connectivity index (χ4v) is 2.81. The van der Waals surface area contributed by atoms with Gasteiger partial charge in [0.2, 0.25) is 0 Å². The molecule has 3 aromatic rings. The van der Waals surface area contributed by atoms with Crippen molar-refractivity contribution in [2.24, 2.45) is 0 Å². The van der Waals surface area contributed by atoms with E-state index in [4.69, 9.17) is 25.9 Å². The molecule has 0 aliphatic rings. The van der Waals surface area contributed by atoms with Crippen molar-refractivity contribution in [2.45, 2.75) is 19.3 Å². The fraction of sp³-hybridized carbons (Fsp3) is 0.250. The van der Waals surface area contributed by atoms with Crippen molar-refractivity contribution in [3.05, 3.63) is 65.0 Å². The number of aromatic nitrogens is 2. The number of alkyl halides is 3. The number of aliphatic hydroxyl groups excluding tert-OH is 1. The number of carbonyl (C=O) groups is 1. The summed E-state index contributed by atoms with van der Waals surface area (Å²) in [5, 5.41) is 13.9. The first-order valence-electron chi connectivity index (χ1n) is 9.27. The molecule has 0 fully saturated rings. The predicted molar refractivity (Wildman–Crippen MR) is 123 cm³/mol. The van der Waals surface area contributed by atoms with Crippen LogP contribution < -0.4 is 10.6 Å². The molecular weight excluding hydrogens is 524 g/mol. The molecule has 0 unspecified atom stereocenters. The van der Waals surface area contributed by atoms with Crippen molar-refractivity contribution < 1.29 is 32.2 Å². The average molecular weight is 544 g/mol. The van der Waals surface area contributed by atoms with Gasteiger partial charge in [0.15, 0.2) is 5.76 Å². The van der Waals surface area contributed by atoms with E-state index in [9.17, 15) is 18.0 Å². The number of urea groups is 1. The zero-order chi connectivity index (χ0) is 23.1. The van der Waals surface area contributed by atoms with Crippen molar-refractivity contribution in [2.75, 3.05) is 18.5 Å². The highest BCUT2D eigenvalue weighted by Gasteiger charge is 2.38. The monoisotopic (exact) mass is 542 g/mol. The number of oxazole rings is 1. The lowest BCUT2D eigenvalue weighted by Gasteiger charge is -2.08. The largest absolute Gasteiger partial charge is 0.468 e. The molecule has 0 aliphatic heterocycles. The van der Waals surface area contributed by atoms with Crippen molar-refractivity contribution >= 4 is 48.1 Å². The first-order chi connectivity index (χ1) is 15.3. The van der Waals surface area contributed by atoms with E-state index in [0.29, 0.717) is 22.0 Å². The maximum atomic E-state index is 13.1. The summed E-state index contributed by atoms with van der Waals surface area (Å²) in [6.45, 7) is -0.0724. The van der Waals surface area contributed by atoms with Crippen LogP contribution in [0.3, 0.4) is 0 Å². The van der Waals surface area contributed by atoms with E-state index >= 15 is 0 Å². The molecule has 0 spiro atoms. The summed E-state index contributed by atoms with van der Waals surface area (Å²) in [7, 11) is 0. The molecule has 186 valence electrons. The number of anilines is 1. The Morgan fingerprint density at radius 3 is 2.59 bits per heavy atom. The second-order valence-electron chi connectivity index (χ2n) is 6.42. The van der Waals surface area contributed by atoms with Crippen LogP contribution in [0.15, 0.2) is 47.0 Å². The lowest BCUT2D eigenvalue weighted by atomic mass is 10.1. The third-order valence-corrected chi connectivity index (χ3v) is 4.25. The third-order valence-electron chi connectivity index (χ3n) is 4.02. The number of nitrogens with one attached hydrogen (secondary N) is 2. The molecule has 3 N–H and O–H groups in total. The molecule has 2 amide bonds. The number of halogens is 6. The highest BCUT2D eigenvalue weighted by molar-refractivity contribution is 6.30. The highest BCUT2D eigenvalue weighted by atomic mass is 35.5. The summed E-state index contributed by atoms with van der Waals surface area (Å²) in [5.74, 6) is -1.60. The van der Waals surface area contributed by atoms with Crippen molar-refractivity contribution in [1.82, 2.24) is 15.3 Å². The van der Waals surface area contributed by atoms with E-state index in [1.807, 2.05) is 0 Å². The van der Waals surface area contributed by atoms with Gasteiger partial charge in [0.1, 0.15) is 5.69 Å². The second-order valence-corrected chi connectivity index (χ2v) is 6.86. The van der Waals surface area contributed by atoms with Crippen LogP contribution >= 0.6 is 36.4 Å². The summed E-state index contributed by atoms with van der Waals surface area (Å²) in [5.41, 5.74) is 1.19. The quantitative estimate of drug-likeness (QED) is 0.342. The summed E-state index contributed by atoms with van der Waals surface area (Å²) < 4.78 is 49.3. The molecule has 3 rings (SSSR count). The number of hydrogen-bond acceptors (Lipinski definition) is 6. The van der Waals surface area contributed by atoms with Gasteiger partial charge in [-0.15, -0.1) is 24.8 Å². The number of rotatable bonds is 8. The van der Waals surface area contributed by atoms with Crippen LogP contribution in [0, 0.1) is 0 Å². The van der Waals surface area contributed by atoms with Crippen LogP contribution in [-0.4, -0.2) is 34.3 Å². The third kappa shape index (κ3) is 8.33. The molecule has 1 aromatic carbocycles. The molecule has 0 saturated carbocycles. The minimum atomic E-state index is -4.79. The van der Waals surface area contributed by atoms with E-state index in [0.717, 1.165) is 0 Å². The Labute approximate surface area is 209 Å². The van der Waals surface area contributed by atoms with Gasteiger partial charge in [-0.1, -0.05) is 23.7 Å². The lowest BCUT2D eigenvalue weighted by Crippen LogP contribution is -2.28. The van der Waals surface area contributed by atoms with Gasteiger partial charge in [0.25, 0.3) is 0 Å². The Kier molecular flexibility index (Phi) is 11.6. The molecule has 0 atom stereocenters. The van der Waals surface area contributed by atoms with E-state index in [-0.39, 0.29) is 62.6 Å². The zero-order valence-corrected chi connectivity index (χ0v) is 19.7. The predicted octanol–water partition coefficient (Wildman–Crippen LogP) is 5.08. The number of hydrogen-bond donors (Lipinski definition) is 3. The molecule has 0 bridgehead atoms. The maximum absolute atomic E-state index is 13.1. The molecule has 2 heterocycles. The van der Waals surface area contributed by atoms with Gasteiger partial charge in [0.05, 0.1) is 43.9 Å². The van der Waals surface area contributed by atoms with Crippen molar-refractivity contribution in [3.63, 3.8) is 0 Å². The van der Waals surface area contributed by atoms with Crippen LogP contribution in [0.25, 0.3) is 11.3 Å². The molecule has 2 aromatic heterocycles. The van der Waals surface area contributed by atoms with Crippen molar-refractivity contribution in [3.8, 4) is 11.3 Å². The van der Waals surface area contributed by atoms with Crippen molar-refractivity contribution in [1.29, 1.82) is 0 Å². The molecule has 8 nitrogen and oxygen atoms in total. The van der Waals surface area contributed by atoms with Gasteiger partial charge in [0, 0.05) is 10.6 Å². The SMILES string of the molecule is Cl.Cl.O=C(NCc1oc(C(F)(F)F)nc1-c1cccc(Cl)c1)Nc1ccc(COCCO)nc1. The van der Waals surface area contributed by atoms with Gasteiger partial charge in [-0.2, -0.15) is 13.2 Å². The summed E-state index contributed by atoms with van der Waals surface area (Å²) in [4.78, 5) is 19.8. The Bertz CT molecular complexity index is 1070. The van der Waals surface area contributed by atoms with Gasteiger partial charge in [-0.25, -0.2) is 9.78 Å². The standard InChI is InChI=1S/C20H18ClF3N4O4.2ClH/c21-13-3-1-2-12(8-13)17-16(32-18(28-17)20(22,23)24)10-26-19(30)27-14-4-5-15(25-9-14)11-31-7-6-29;;/h1-5,8-9,29H,6-7,10-11H2,(H2,26,27,30);2*1H. The maximum Gasteiger partial charge on any atom is 0.468 e. The van der Waals surface area contributed by atoms with Gasteiger partial charge >= 0.3 is 18.1 Å². The fourth-order valence-electron chi connectivity index (χ4n) is 2.62. The number of carbonyl (C=O) groups excluding carboxylic acids is 1. The number of pyridine rings is 1. The van der Waals surface area contributed by atoms with Crippen LogP contribution in [0.4, 0.5) is 23.7 Å². The van der Waals surface area contributed by atoms with E-state index in [2.05, 4.69) is 20.6 Å². The Hall–Kier alpha value is -2.57.